The molecule has 0 aromatic heterocycles. The Labute approximate surface area is 87.2 Å². The number of nitrogens with one attached hydrogen (secondary N) is 1. The summed E-state index contributed by atoms with van der Waals surface area (Å²) in [6.07, 6.45) is 1.52. The van der Waals surface area contributed by atoms with Crippen LogP contribution in [0.15, 0.2) is 0 Å². The molecule has 0 fully saturated rings. The van der Waals surface area contributed by atoms with E-state index in [4.69, 9.17) is 4.74 Å². The van der Waals surface area contributed by atoms with Gasteiger partial charge in [0.2, 0.25) is 0 Å². The average molecular weight is 201 g/mol. The van der Waals surface area contributed by atoms with Gasteiger partial charge in [0.05, 0.1) is 6.42 Å². The minimum absolute atomic E-state index is 0.131. The van der Waals surface area contributed by atoms with Gasteiger partial charge in [-0.3, -0.25) is 4.79 Å². The summed E-state index contributed by atoms with van der Waals surface area (Å²) in [5, 5.41) is 3.25. The average Bonchev–Trinajstić information content (AvgIpc) is 2.00. The van der Waals surface area contributed by atoms with Crippen molar-refractivity contribution in [2.24, 2.45) is 0 Å². The normalized spacial score (nSPS) is 13.8. The second-order valence-electron chi connectivity index (χ2n) is 4.60. The number of carbonyl (C=O) groups is 1. The summed E-state index contributed by atoms with van der Waals surface area (Å²) >= 11 is 0. The van der Waals surface area contributed by atoms with Crippen LogP contribution in [0.2, 0.25) is 0 Å². The summed E-state index contributed by atoms with van der Waals surface area (Å²) in [5.41, 5.74) is -0.368. The molecule has 0 spiro atoms. The summed E-state index contributed by atoms with van der Waals surface area (Å²) < 4.78 is 5.17. The Bertz CT molecular complexity index is 173. The van der Waals surface area contributed by atoms with E-state index in [-0.39, 0.29) is 11.6 Å². The topological polar surface area (TPSA) is 38.3 Å². The van der Waals surface area contributed by atoms with Crippen LogP contribution in [-0.4, -0.2) is 24.2 Å². The van der Waals surface area contributed by atoms with E-state index in [9.17, 15) is 4.79 Å². The first-order valence-corrected chi connectivity index (χ1v) is 5.30. The lowest BCUT2D eigenvalue weighted by atomic mass is 10.2. The van der Waals surface area contributed by atoms with Crippen molar-refractivity contribution in [2.45, 2.75) is 59.1 Å². The van der Waals surface area contributed by atoms with E-state index in [1.54, 1.807) is 0 Å². The second-order valence-corrected chi connectivity index (χ2v) is 4.60. The maximum absolute atomic E-state index is 11.3. The first-order valence-electron chi connectivity index (χ1n) is 5.30. The monoisotopic (exact) mass is 201 g/mol. The fraction of sp³-hybridized carbons (Fsp3) is 0.909. The van der Waals surface area contributed by atoms with Gasteiger partial charge >= 0.3 is 5.97 Å². The molecule has 14 heavy (non-hydrogen) atoms. The van der Waals surface area contributed by atoms with E-state index in [0.29, 0.717) is 19.0 Å². The van der Waals surface area contributed by atoms with Crippen molar-refractivity contribution in [2.75, 3.05) is 6.54 Å². The summed E-state index contributed by atoms with van der Waals surface area (Å²) in [6.45, 7) is 10.6. The molecule has 0 saturated heterocycles. The van der Waals surface area contributed by atoms with Crippen molar-refractivity contribution in [3.63, 3.8) is 0 Å². The van der Waals surface area contributed by atoms with Gasteiger partial charge in [0.25, 0.3) is 0 Å². The molecule has 0 radical (unpaired) electrons. The van der Waals surface area contributed by atoms with E-state index in [2.05, 4.69) is 19.2 Å². The summed E-state index contributed by atoms with van der Waals surface area (Å²) in [7, 11) is 0. The van der Waals surface area contributed by atoms with E-state index in [0.717, 1.165) is 6.42 Å². The molecule has 0 heterocycles. The van der Waals surface area contributed by atoms with Gasteiger partial charge in [0, 0.05) is 12.6 Å². The van der Waals surface area contributed by atoms with Crippen LogP contribution in [0.3, 0.4) is 0 Å². The highest BCUT2D eigenvalue weighted by Gasteiger charge is 2.15. The predicted molar refractivity (Wildman–Crippen MR) is 58.2 cm³/mol. The van der Waals surface area contributed by atoms with Crippen molar-refractivity contribution in [3.05, 3.63) is 0 Å². The van der Waals surface area contributed by atoms with Gasteiger partial charge in [-0.2, -0.15) is 0 Å². The van der Waals surface area contributed by atoms with Crippen LogP contribution in [0.1, 0.15) is 47.5 Å². The Hall–Kier alpha value is -0.570. The fourth-order valence-corrected chi connectivity index (χ4v) is 0.958. The molecule has 0 aromatic rings. The van der Waals surface area contributed by atoms with Gasteiger partial charge in [-0.15, -0.1) is 0 Å². The van der Waals surface area contributed by atoms with Crippen LogP contribution in [0.5, 0.6) is 0 Å². The first kappa shape index (κ1) is 13.4. The maximum atomic E-state index is 11.3. The van der Waals surface area contributed by atoms with Gasteiger partial charge in [0.1, 0.15) is 5.60 Å². The molecule has 3 heteroatoms. The number of ether oxygens (including phenoxy) is 1. The van der Waals surface area contributed by atoms with E-state index in [1.807, 2.05) is 20.8 Å². The Morgan fingerprint density at radius 2 is 2.00 bits per heavy atom. The highest BCUT2D eigenvalue weighted by molar-refractivity contribution is 5.70. The van der Waals surface area contributed by atoms with Crippen molar-refractivity contribution in [1.82, 2.24) is 5.32 Å². The van der Waals surface area contributed by atoms with Crippen LogP contribution in [0, 0.1) is 0 Å². The van der Waals surface area contributed by atoms with Crippen LogP contribution in [0.4, 0.5) is 0 Å². The highest BCUT2D eigenvalue weighted by Crippen LogP contribution is 2.07. The molecule has 0 aliphatic heterocycles. The molecule has 3 nitrogen and oxygen atoms in total. The number of hydrogen-bond acceptors (Lipinski definition) is 3. The first-order chi connectivity index (χ1) is 6.35. The zero-order valence-corrected chi connectivity index (χ0v) is 10.0. The van der Waals surface area contributed by atoms with Crippen LogP contribution < -0.4 is 5.32 Å². The van der Waals surface area contributed by atoms with Gasteiger partial charge in [0.15, 0.2) is 0 Å². The smallest absolute Gasteiger partial charge is 0.307 e. The van der Waals surface area contributed by atoms with E-state index < -0.39 is 0 Å². The molecule has 0 amide bonds. The third kappa shape index (κ3) is 8.05. The van der Waals surface area contributed by atoms with Gasteiger partial charge in [-0.1, -0.05) is 6.92 Å². The van der Waals surface area contributed by atoms with Crippen LogP contribution >= 0.6 is 0 Å². The molecule has 0 bridgehead atoms. The summed E-state index contributed by atoms with van der Waals surface area (Å²) in [5.74, 6) is -0.131. The molecule has 1 N–H and O–H groups in total. The quantitative estimate of drug-likeness (QED) is 0.692. The maximum Gasteiger partial charge on any atom is 0.307 e. The molecule has 84 valence electrons. The van der Waals surface area contributed by atoms with Gasteiger partial charge < -0.3 is 10.1 Å². The molecule has 0 aliphatic carbocycles. The summed E-state index contributed by atoms with van der Waals surface area (Å²) in [6, 6.07) is 0.470. The third-order valence-corrected chi connectivity index (χ3v) is 1.85. The Morgan fingerprint density at radius 3 is 2.43 bits per heavy atom. The number of rotatable bonds is 5. The molecule has 1 atom stereocenters. The zero-order valence-electron chi connectivity index (χ0n) is 10.0. The standard InChI is InChI=1S/C11H23NO2/c1-6-9(2)12-8-7-10(13)14-11(3,4)5/h9,12H,6-8H2,1-5H3. The van der Waals surface area contributed by atoms with Crippen molar-refractivity contribution in [1.29, 1.82) is 0 Å². The zero-order chi connectivity index (χ0) is 11.2. The SMILES string of the molecule is CCC(C)NCCC(=O)OC(C)(C)C. The van der Waals surface area contributed by atoms with Gasteiger partial charge in [-0.25, -0.2) is 0 Å². The number of esters is 1. The van der Waals surface area contributed by atoms with Crippen LogP contribution in [0.25, 0.3) is 0 Å². The number of hydrogen-bond donors (Lipinski definition) is 1. The molecule has 0 saturated carbocycles. The molecule has 0 aromatic carbocycles. The van der Waals surface area contributed by atoms with E-state index >= 15 is 0 Å². The number of carbonyl (C=O) groups excluding carboxylic acids is 1. The van der Waals surface area contributed by atoms with Crippen molar-refractivity contribution < 1.29 is 9.53 Å². The second kappa shape index (κ2) is 6.02. The molecule has 0 aliphatic rings. The van der Waals surface area contributed by atoms with Gasteiger partial charge in [-0.05, 0) is 34.1 Å². The van der Waals surface area contributed by atoms with E-state index in [1.165, 1.54) is 0 Å². The predicted octanol–water partition coefficient (Wildman–Crippen LogP) is 2.11. The van der Waals surface area contributed by atoms with Crippen molar-refractivity contribution in [3.8, 4) is 0 Å². The Balaban J connectivity index is 3.55. The molecule has 1 unspecified atom stereocenters. The largest absolute Gasteiger partial charge is 0.460 e. The third-order valence-electron chi connectivity index (χ3n) is 1.85. The minimum atomic E-state index is -0.368. The highest BCUT2D eigenvalue weighted by atomic mass is 16.6. The lowest BCUT2D eigenvalue weighted by Crippen LogP contribution is -2.30. The lowest BCUT2D eigenvalue weighted by Gasteiger charge is -2.19. The molecular formula is C11H23NO2. The fourth-order valence-electron chi connectivity index (χ4n) is 0.958. The molecule has 0 rings (SSSR count). The Kier molecular flexibility index (Phi) is 5.77. The summed E-state index contributed by atoms with van der Waals surface area (Å²) in [4.78, 5) is 11.3. The molecular weight excluding hydrogens is 178 g/mol. The van der Waals surface area contributed by atoms with Crippen molar-refractivity contribution >= 4 is 5.97 Å². The minimum Gasteiger partial charge on any atom is -0.460 e. The lowest BCUT2D eigenvalue weighted by molar-refractivity contribution is -0.154. The van der Waals surface area contributed by atoms with Crippen LogP contribution in [-0.2, 0) is 9.53 Å². The Morgan fingerprint density at radius 1 is 1.43 bits per heavy atom.